The minimum atomic E-state index is -3.77. The van der Waals surface area contributed by atoms with Gasteiger partial charge in [-0.05, 0) is 36.6 Å². The summed E-state index contributed by atoms with van der Waals surface area (Å²) in [5, 5.41) is 8.91. The van der Waals surface area contributed by atoms with E-state index in [-0.39, 0.29) is 22.1 Å². The van der Waals surface area contributed by atoms with E-state index in [4.69, 9.17) is 16.7 Å². The van der Waals surface area contributed by atoms with Crippen LogP contribution in [-0.2, 0) is 14.8 Å². The fourth-order valence-electron chi connectivity index (χ4n) is 3.77. The Kier molecular flexibility index (Phi) is 9.60. The molecule has 0 saturated carbocycles. The van der Waals surface area contributed by atoms with E-state index >= 15 is 0 Å². The van der Waals surface area contributed by atoms with Crippen molar-refractivity contribution in [2.24, 2.45) is 0 Å². The standard InChI is InChI=1S/C27H28ClNO5S/c28-24-19-21(16-17-23(24)27(32)20-11-5-4-6-12-20)22-13-8-9-14-25(22)35(33,34)29-18-10-3-1-2-7-15-26(30)31/h4-6,8-9,11-14,16-17,19,29H,1-3,7,10,15,18H2,(H,30,31). The van der Waals surface area contributed by atoms with Gasteiger partial charge in [0, 0.05) is 29.7 Å². The topological polar surface area (TPSA) is 101 Å². The van der Waals surface area contributed by atoms with E-state index < -0.39 is 16.0 Å². The summed E-state index contributed by atoms with van der Waals surface area (Å²) in [6.45, 7) is 0.293. The van der Waals surface area contributed by atoms with Gasteiger partial charge in [0.25, 0.3) is 0 Å². The number of hydrogen-bond acceptors (Lipinski definition) is 4. The van der Waals surface area contributed by atoms with Crippen LogP contribution in [0.3, 0.4) is 0 Å². The first kappa shape index (κ1) is 26.6. The van der Waals surface area contributed by atoms with Gasteiger partial charge in [0.1, 0.15) is 0 Å². The molecule has 6 nitrogen and oxygen atoms in total. The third kappa shape index (κ3) is 7.49. The monoisotopic (exact) mass is 513 g/mol. The molecule has 0 unspecified atom stereocenters. The lowest BCUT2D eigenvalue weighted by Gasteiger charge is -2.13. The van der Waals surface area contributed by atoms with Crippen molar-refractivity contribution in [3.8, 4) is 11.1 Å². The zero-order valence-corrected chi connectivity index (χ0v) is 20.8. The van der Waals surface area contributed by atoms with Gasteiger partial charge in [-0.15, -0.1) is 0 Å². The van der Waals surface area contributed by atoms with E-state index in [0.29, 0.717) is 41.6 Å². The number of ketones is 1. The van der Waals surface area contributed by atoms with Gasteiger partial charge in [-0.3, -0.25) is 9.59 Å². The second kappa shape index (κ2) is 12.6. The molecule has 0 spiro atoms. The van der Waals surface area contributed by atoms with Crippen LogP contribution in [0.4, 0.5) is 0 Å². The van der Waals surface area contributed by atoms with Gasteiger partial charge in [0.15, 0.2) is 5.78 Å². The lowest BCUT2D eigenvalue weighted by molar-refractivity contribution is -0.137. The molecule has 0 aromatic heterocycles. The quantitative estimate of drug-likeness (QED) is 0.217. The maximum absolute atomic E-state index is 13.0. The van der Waals surface area contributed by atoms with Crippen molar-refractivity contribution in [3.05, 3.63) is 88.9 Å². The number of benzene rings is 3. The third-order valence-corrected chi connectivity index (χ3v) is 7.43. The predicted molar refractivity (Wildman–Crippen MR) is 137 cm³/mol. The van der Waals surface area contributed by atoms with Crippen molar-refractivity contribution in [3.63, 3.8) is 0 Å². The fourth-order valence-corrected chi connectivity index (χ4v) is 5.34. The number of sulfonamides is 1. The largest absolute Gasteiger partial charge is 0.481 e. The molecule has 0 fully saturated rings. The van der Waals surface area contributed by atoms with Crippen molar-refractivity contribution >= 4 is 33.4 Å². The third-order valence-electron chi connectivity index (χ3n) is 5.60. The Balaban J connectivity index is 1.69. The molecule has 0 aliphatic carbocycles. The van der Waals surface area contributed by atoms with E-state index in [1.165, 1.54) is 0 Å². The number of halogens is 1. The summed E-state index contributed by atoms with van der Waals surface area (Å²) in [5.41, 5.74) is 1.97. The summed E-state index contributed by atoms with van der Waals surface area (Å²) in [5.74, 6) is -0.997. The van der Waals surface area contributed by atoms with E-state index in [2.05, 4.69) is 4.72 Å². The van der Waals surface area contributed by atoms with Crippen LogP contribution in [0.15, 0.2) is 77.7 Å². The Bertz CT molecular complexity index is 1280. The number of rotatable bonds is 13. The van der Waals surface area contributed by atoms with Gasteiger partial charge < -0.3 is 5.11 Å². The zero-order chi connectivity index (χ0) is 25.3. The molecule has 0 aliphatic rings. The number of carboxylic acid groups (broad SMARTS) is 1. The summed E-state index contributed by atoms with van der Waals surface area (Å²) in [4.78, 5) is 23.5. The van der Waals surface area contributed by atoms with Gasteiger partial charge in [-0.25, -0.2) is 13.1 Å². The molecular weight excluding hydrogens is 486 g/mol. The van der Waals surface area contributed by atoms with Gasteiger partial charge in [-0.2, -0.15) is 0 Å². The van der Waals surface area contributed by atoms with E-state index in [0.717, 1.165) is 19.3 Å². The minimum Gasteiger partial charge on any atom is -0.481 e. The van der Waals surface area contributed by atoms with Gasteiger partial charge in [0.05, 0.1) is 9.92 Å². The van der Waals surface area contributed by atoms with Crippen LogP contribution >= 0.6 is 11.6 Å². The highest BCUT2D eigenvalue weighted by atomic mass is 35.5. The van der Waals surface area contributed by atoms with E-state index in [1.54, 1.807) is 66.7 Å². The number of unbranched alkanes of at least 4 members (excludes halogenated alkanes) is 4. The van der Waals surface area contributed by atoms with Gasteiger partial charge in [-0.1, -0.05) is 85.5 Å². The predicted octanol–water partition coefficient (Wildman–Crippen LogP) is 5.94. The molecule has 0 amide bonds. The van der Waals surface area contributed by atoms with Crippen molar-refractivity contribution < 1.29 is 23.1 Å². The highest BCUT2D eigenvalue weighted by Crippen LogP contribution is 2.31. The Morgan fingerprint density at radius 1 is 0.829 bits per heavy atom. The molecule has 0 saturated heterocycles. The number of hydrogen-bond donors (Lipinski definition) is 2. The zero-order valence-electron chi connectivity index (χ0n) is 19.2. The van der Waals surface area contributed by atoms with Gasteiger partial charge in [0.2, 0.25) is 10.0 Å². The van der Waals surface area contributed by atoms with Crippen LogP contribution in [0, 0.1) is 0 Å². The number of carbonyl (C=O) groups is 2. The van der Waals surface area contributed by atoms with Crippen molar-refractivity contribution in [1.82, 2.24) is 4.72 Å². The molecule has 8 heteroatoms. The second-order valence-electron chi connectivity index (χ2n) is 8.20. The number of nitrogens with one attached hydrogen (secondary N) is 1. The van der Waals surface area contributed by atoms with E-state index in [9.17, 15) is 18.0 Å². The molecule has 0 atom stereocenters. The average molecular weight is 514 g/mol. The molecule has 184 valence electrons. The summed E-state index contributed by atoms with van der Waals surface area (Å²) < 4.78 is 28.7. The van der Waals surface area contributed by atoms with Crippen molar-refractivity contribution in [2.45, 2.75) is 43.4 Å². The van der Waals surface area contributed by atoms with Crippen molar-refractivity contribution in [2.75, 3.05) is 6.54 Å². The average Bonchev–Trinajstić information content (AvgIpc) is 2.85. The molecule has 3 aromatic rings. The van der Waals surface area contributed by atoms with Crippen LogP contribution in [-0.4, -0.2) is 31.8 Å². The summed E-state index contributed by atoms with van der Waals surface area (Å²) in [7, 11) is -3.77. The lowest BCUT2D eigenvalue weighted by atomic mass is 9.99. The number of carboxylic acids is 1. The fraction of sp³-hybridized carbons (Fsp3) is 0.259. The minimum absolute atomic E-state index is 0.139. The number of carbonyl (C=O) groups excluding carboxylic acids is 1. The Hall–Kier alpha value is -3.00. The molecule has 2 N–H and O–H groups in total. The Labute approximate surface area is 211 Å². The maximum Gasteiger partial charge on any atom is 0.303 e. The van der Waals surface area contributed by atoms with Crippen LogP contribution in [0.2, 0.25) is 5.02 Å². The van der Waals surface area contributed by atoms with Crippen LogP contribution < -0.4 is 4.72 Å². The molecule has 0 heterocycles. The molecular formula is C27H28ClNO5S. The molecule has 0 bridgehead atoms. The molecule has 35 heavy (non-hydrogen) atoms. The molecule has 3 rings (SSSR count). The normalized spacial score (nSPS) is 11.3. The Morgan fingerprint density at radius 2 is 1.49 bits per heavy atom. The summed E-state index contributed by atoms with van der Waals surface area (Å²) >= 11 is 6.44. The summed E-state index contributed by atoms with van der Waals surface area (Å²) in [6.07, 6.45) is 3.94. The first-order valence-corrected chi connectivity index (χ1v) is 13.4. The van der Waals surface area contributed by atoms with Crippen LogP contribution in [0.1, 0.15) is 54.4 Å². The SMILES string of the molecule is O=C(O)CCCCCCCNS(=O)(=O)c1ccccc1-c1ccc(C(=O)c2ccccc2)c(Cl)c1. The number of aliphatic carboxylic acids is 1. The maximum atomic E-state index is 13.0. The van der Waals surface area contributed by atoms with Crippen LogP contribution in [0.25, 0.3) is 11.1 Å². The van der Waals surface area contributed by atoms with Gasteiger partial charge >= 0.3 is 5.97 Å². The van der Waals surface area contributed by atoms with E-state index in [1.807, 2.05) is 6.07 Å². The first-order valence-electron chi connectivity index (χ1n) is 11.5. The highest BCUT2D eigenvalue weighted by Gasteiger charge is 2.20. The molecule has 3 aromatic carbocycles. The highest BCUT2D eigenvalue weighted by molar-refractivity contribution is 7.89. The summed E-state index contributed by atoms with van der Waals surface area (Å²) in [6, 6.07) is 20.4. The molecule has 0 aliphatic heterocycles. The smallest absolute Gasteiger partial charge is 0.303 e. The second-order valence-corrected chi connectivity index (χ2v) is 10.3. The van der Waals surface area contributed by atoms with Crippen LogP contribution in [0.5, 0.6) is 0 Å². The molecule has 0 radical (unpaired) electrons. The lowest BCUT2D eigenvalue weighted by Crippen LogP contribution is -2.25. The first-order chi connectivity index (χ1) is 16.8. The Morgan fingerprint density at radius 3 is 2.20 bits per heavy atom. The van der Waals surface area contributed by atoms with Crippen molar-refractivity contribution in [1.29, 1.82) is 0 Å².